The molecule has 1 amide bonds. The summed E-state index contributed by atoms with van der Waals surface area (Å²) in [6.07, 6.45) is 2.38. The summed E-state index contributed by atoms with van der Waals surface area (Å²) < 4.78 is 15.4. The van der Waals surface area contributed by atoms with Crippen molar-refractivity contribution in [2.45, 2.75) is 25.8 Å². The van der Waals surface area contributed by atoms with Crippen molar-refractivity contribution in [2.24, 2.45) is 0 Å². The molecule has 152 valence electrons. The van der Waals surface area contributed by atoms with E-state index in [2.05, 4.69) is 22.2 Å². The number of rotatable bonds is 4. The van der Waals surface area contributed by atoms with Crippen LogP contribution >= 0.6 is 0 Å². The minimum atomic E-state index is -0.310. The highest BCUT2D eigenvalue weighted by Crippen LogP contribution is 2.19. The zero-order valence-corrected chi connectivity index (χ0v) is 16.5. The highest BCUT2D eigenvalue weighted by molar-refractivity contribution is 5.98. The lowest BCUT2D eigenvalue weighted by atomic mass is 10.1. The number of hydrogen-bond acceptors (Lipinski definition) is 3. The van der Waals surface area contributed by atoms with E-state index >= 15 is 0 Å². The summed E-state index contributed by atoms with van der Waals surface area (Å²) in [5.41, 5.74) is 2.51. The Kier molecular flexibility index (Phi) is 4.78. The maximum Gasteiger partial charge on any atom is 0.270 e. The third-order valence-corrected chi connectivity index (χ3v) is 5.56. The molecule has 0 unspecified atom stereocenters. The average Bonchev–Trinajstić information content (AvgIpc) is 3.31. The first-order valence-electron chi connectivity index (χ1n) is 10.2. The Balaban J connectivity index is 1.25. The number of amides is 1. The first-order chi connectivity index (χ1) is 14.7. The molecule has 0 bridgehead atoms. The third kappa shape index (κ3) is 3.70. The van der Waals surface area contributed by atoms with Crippen LogP contribution in [0.1, 0.15) is 27.7 Å². The van der Waals surface area contributed by atoms with Crippen molar-refractivity contribution in [3.63, 3.8) is 0 Å². The van der Waals surface area contributed by atoms with E-state index in [4.69, 9.17) is 4.98 Å². The fourth-order valence-corrected chi connectivity index (χ4v) is 3.95. The molecular formula is C23H22FN5O. The number of H-pyrrole nitrogens is 1. The van der Waals surface area contributed by atoms with Gasteiger partial charge in [-0.15, -0.1) is 0 Å². The van der Waals surface area contributed by atoms with Gasteiger partial charge in [0.15, 0.2) is 5.82 Å². The van der Waals surface area contributed by atoms with Crippen LogP contribution in [0.15, 0.2) is 54.6 Å². The lowest BCUT2D eigenvalue weighted by Gasteiger charge is -2.19. The van der Waals surface area contributed by atoms with Gasteiger partial charge in [0.1, 0.15) is 17.3 Å². The standard InChI is InChI=1S/C23H22FN5O/c24-18-7-8-19-17(14-18)15-20(25-19)23(30)28-11-10-22-26-21(27-29(22)13-12-28)9-6-16-4-2-1-3-5-16/h1-5,7-8,14-15,25H,6,9-13H2. The molecule has 5 rings (SSSR count). The molecule has 2 aromatic heterocycles. The monoisotopic (exact) mass is 403 g/mol. The van der Waals surface area contributed by atoms with Crippen molar-refractivity contribution in [2.75, 3.05) is 13.1 Å². The number of nitrogens with zero attached hydrogens (tertiary/aromatic N) is 4. The number of aromatic amines is 1. The second kappa shape index (κ2) is 7.74. The fraction of sp³-hybridized carbons (Fsp3) is 0.261. The van der Waals surface area contributed by atoms with Gasteiger partial charge in [0.25, 0.3) is 5.91 Å². The zero-order chi connectivity index (χ0) is 20.5. The Morgan fingerprint density at radius 2 is 1.90 bits per heavy atom. The van der Waals surface area contributed by atoms with Crippen molar-refractivity contribution in [1.29, 1.82) is 0 Å². The van der Waals surface area contributed by atoms with E-state index in [1.165, 1.54) is 17.7 Å². The van der Waals surface area contributed by atoms with Crippen LogP contribution in [0.5, 0.6) is 0 Å². The predicted octanol–water partition coefficient (Wildman–Crippen LogP) is 3.38. The molecule has 1 aliphatic heterocycles. The van der Waals surface area contributed by atoms with Gasteiger partial charge in [0.05, 0.1) is 6.54 Å². The molecule has 0 atom stereocenters. The molecule has 0 spiro atoms. The fourth-order valence-electron chi connectivity index (χ4n) is 3.95. The molecule has 0 saturated carbocycles. The van der Waals surface area contributed by atoms with E-state index < -0.39 is 0 Å². The van der Waals surface area contributed by atoms with Gasteiger partial charge in [-0.2, -0.15) is 5.10 Å². The van der Waals surface area contributed by atoms with Crippen molar-refractivity contribution in [1.82, 2.24) is 24.6 Å². The summed E-state index contributed by atoms with van der Waals surface area (Å²) in [4.78, 5) is 22.6. The molecule has 1 N–H and O–H groups in total. The van der Waals surface area contributed by atoms with Crippen LogP contribution in [0.25, 0.3) is 10.9 Å². The third-order valence-electron chi connectivity index (χ3n) is 5.56. The number of hydrogen-bond donors (Lipinski definition) is 1. The van der Waals surface area contributed by atoms with Crippen LogP contribution in [0.3, 0.4) is 0 Å². The normalized spacial score (nSPS) is 14.0. The summed E-state index contributed by atoms with van der Waals surface area (Å²) in [6, 6.07) is 16.5. The predicted molar refractivity (Wildman–Crippen MR) is 112 cm³/mol. The van der Waals surface area contributed by atoms with Gasteiger partial charge >= 0.3 is 0 Å². The van der Waals surface area contributed by atoms with Crippen molar-refractivity contribution >= 4 is 16.8 Å². The summed E-state index contributed by atoms with van der Waals surface area (Å²) in [5, 5.41) is 5.35. The van der Waals surface area contributed by atoms with Gasteiger partial charge in [-0.05, 0) is 36.2 Å². The number of aryl methyl sites for hydroxylation is 2. The van der Waals surface area contributed by atoms with E-state index in [0.717, 1.165) is 30.0 Å². The number of aromatic nitrogens is 4. The molecule has 1 aliphatic rings. The number of halogens is 1. The summed E-state index contributed by atoms with van der Waals surface area (Å²) >= 11 is 0. The van der Waals surface area contributed by atoms with E-state index in [0.29, 0.717) is 37.1 Å². The maximum absolute atomic E-state index is 13.4. The second-order valence-corrected chi connectivity index (χ2v) is 7.61. The Labute approximate surface area is 173 Å². The number of benzene rings is 2. The number of nitrogens with one attached hydrogen (secondary N) is 1. The molecule has 6 nitrogen and oxygen atoms in total. The quantitative estimate of drug-likeness (QED) is 0.568. The minimum absolute atomic E-state index is 0.0818. The van der Waals surface area contributed by atoms with Crippen molar-refractivity contribution < 1.29 is 9.18 Å². The first-order valence-corrected chi connectivity index (χ1v) is 10.2. The molecule has 0 radical (unpaired) electrons. The molecular weight excluding hydrogens is 381 g/mol. The van der Waals surface area contributed by atoms with Gasteiger partial charge in [0, 0.05) is 36.8 Å². The van der Waals surface area contributed by atoms with Crippen molar-refractivity contribution in [3.05, 3.63) is 83.3 Å². The maximum atomic E-state index is 13.4. The van der Waals surface area contributed by atoms with Gasteiger partial charge in [-0.1, -0.05) is 30.3 Å². The Hall–Kier alpha value is -3.48. The lowest BCUT2D eigenvalue weighted by Crippen LogP contribution is -2.34. The van der Waals surface area contributed by atoms with Crippen LogP contribution < -0.4 is 0 Å². The van der Waals surface area contributed by atoms with Gasteiger partial charge in [-0.3, -0.25) is 4.79 Å². The zero-order valence-electron chi connectivity index (χ0n) is 16.5. The molecule has 0 aliphatic carbocycles. The molecule has 2 aromatic carbocycles. The highest BCUT2D eigenvalue weighted by atomic mass is 19.1. The van der Waals surface area contributed by atoms with E-state index in [1.807, 2.05) is 22.9 Å². The topological polar surface area (TPSA) is 66.8 Å². The molecule has 3 heterocycles. The smallest absolute Gasteiger partial charge is 0.270 e. The van der Waals surface area contributed by atoms with Crippen LogP contribution in [0.4, 0.5) is 4.39 Å². The van der Waals surface area contributed by atoms with Gasteiger partial charge < -0.3 is 9.88 Å². The Bertz CT molecular complexity index is 1170. The molecule has 0 saturated heterocycles. The first kappa shape index (κ1) is 18.5. The van der Waals surface area contributed by atoms with Gasteiger partial charge in [-0.25, -0.2) is 14.1 Å². The summed E-state index contributed by atoms with van der Waals surface area (Å²) in [7, 11) is 0. The molecule has 0 fully saturated rings. The van der Waals surface area contributed by atoms with E-state index in [-0.39, 0.29) is 11.7 Å². The highest BCUT2D eigenvalue weighted by Gasteiger charge is 2.23. The average molecular weight is 403 g/mol. The van der Waals surface area contributed by atoms with Gasteiger partial charge in [0.2, 0.25) is 0 Å². The van der Waals surface area contributed by atoms with Crippen LogP contribution in [0.2, 0.25) is 0 Å². The van der Waals surface area contributed by atoms with E-state index in [9.17, 15) is 9.18 Å². The van der Waals surface area contributed by atoms with E-state index in [1.54, 1.807) is 17.0 Å². The molecule has 7 heteroatoms. The number of fused-ring (bicyclic) bond motifs is 2. The van der Waals surface area contributed by atoms with Crippen LogP contribution in [0, 0.1) is 5.82 Å². The lowest BCUT2D eigenvalue weighted by molar-refractivity contribution is 0.0753. The summed E-state index contributed by atoms with van der Waals surface area (Å²) in [6.45, 7) is 1.77. The molecule has 30 heavy (non-hydrogen) atoms. The molecule has 4 aromatic rings. The Morgan fingerprint density at radius 1 is 1.03 bits per heavy atom. The largest absolute Gasteiger partial charge is 0.351 e. The van der Waals surface area contributed by atoms with Crippen LogP contribution in [-0.2, 0) is 25.8 Å². The second-order valence-electron chi connectivity index (χ2n) is 7.61. The Morgan fingerprint density at radius 3 is 2.77 bits per heavy atom. The minimum Gasteiger partial charge on any atom is -0.351 e. The number of carbonyl (C=O) groups excluding carboxylic acids is 1. The number of carbonyl (C=O) groups is 1. The van der Waals surface area contributed by atoms with Crippen molar-refractivity contribution in [3.8, 4) is 0 Å². The SMILES string of the molecule is O=C(c1cc2cc(F)ccc2[nH]1)N1CCc2nc(CCc3ccccc3)nn2CC1. The summed E-state index contributed by atoms with van der Waals surface area (Å²) in [5.74, 6) is 1.38. The van der Waals surface area contributed by atoms with Crippen LogP contribution in [-0.4, -0.2) is 43.6 Å².